The highest BCUT2D eigenvalue weighted by molar-refractivity contribution is 7.13. The Morgan fingerprint density at radius 1 is 1.00 bits per heavy atom. The monoisotopic (exact) mass is 271 g/mol. The number of anilines is 2. The minimum absolute atomic E-state index is 0.107. The average molecular weight is 271 g/mol. The second-order valence-corrected chi connectivity index (χ2v) is 4.51. The number of nitrogen functional groups attached to an aromatic ring is 2. The lowest BCUT2D eigenvalue weighted by Crippen LogP contribution is -2.05. The van der Waals surface area contributed by atoms with E-state index in [4.69, 9.17) is 11.5 Å². The molecule has 0 aliphatic rings. The van der Waals surface area contributed by atoms with Crippen LogP contribution in [0.2, 0.25) is 0 Å². The van der Waals surface area contributed by atoms with Crippen molar-refractivity contribution < 1.29 is 0 Å². The molecule has 0 aliphatic heterocycles. The minimum Gasteiger partial charge on any atom is -0.383 e. The smallest absolute Gasteiger partial charge is 0.222 e. The Morgan fingerprint density at radius 2 is 1.89 bits per heavy atom. The summed E-state index contributed by atoms with van der Waals surface area (Å²) in [6.07, 6.45) is 6.45. The molecule has 0 fully saturated rings. The molecule has 3 aromatic heterocycles. The van der Waals surface area contributed by atoms with Gasteiger partial charge in [0.1, 0.15) is 16.5 Å². The van der Waals surface area contributed by atoms with Gasteiger partial charge < -0.3 is 11.5 Å². The fourth-order valence-corrected chi connectivity index (χ4v) is 2.30. The molecule has 19 heavy (non-hydrogen) atoms. The van der Waals surface area contributed by atoms with E-state index in [0.717, 1.165) is 0 Å². The first-order valence-corrected chi connectivity index (χ1v) is 6.23. The second-order valence-electron chi connectivity index (χ2n) is 3.62. The quantitative estimate of drug-likeness (QED) is 0.719. The lowest BCUT2D eigenvalue weighted by atomic mass is 10.1. The Kier molecular flexibility index (Phi) is 2.76. The van der Waals surface area contributed by atoms with Crippen LogP contribution in [0, 0.1) is 0 Å². The van der Waals surface area contributed by atoms with Gasteiger partial charge in [0, 0.05) is 24.0 Å². The number of nitrogens with zero attached hydrogens (tertiary/aromatic N) is 5. The molecule has 0 bridgehead atoms. The molecule has 7 nitrogen and oxygen atoms in total. The number of nitrogens with two attached hydrogens (primary N) is 2. The van der Waals surface area contributed by atoms with Crippen LogP contribution in [0.5, 0.6) is 0 Å². The van der Waals surface area contributed by atoms with Crippen molar-refractivity contribution in [3.05, 3.63) is 30.2 Å². The number of hydrogen-bond donors (Lipinski definition) is 2. The van der Waals surface area contributed by atoms with Crippen LogP contribution in [-0.2, 0) is 0 Å². The van der Waals surface area contributed by atoms with Gasteiger partial charge >= 0.3 is 0 Å². The van der Waals surface area contributed by atoms with Gasteiger partial charge in [0.05, 0.1) is 17.5 Å². The van der Waals surface area contributed by atoms with Gasteiger partial charge in [0.25, 0.3) is 0 Å². The molecule has 8 heteroatoms. The van der Waals surface area contributed by atoms with Crippen LogP contribution in [0.4, 0.5) is 11.8 Å². The molecule has 3 rings (SSSR count). The number of thiazole rings is 1. The minimum atomic E-state index is 0.107. The standard InChI is InChI=1S/C11H9N7S/c12-9-7(6-5-14-1-2-15-6)8(17-11(13)18-9)10-16-3-4-19-10/h1-5H,(H4,12,13,17,18). The zero-order chi connectivity index (χ0) is 13.2. The largest absolute Gasteiger partial charge is 0.383 e. The summed E-state index contributed by atoms with van der Waals surface area (Å²) in [6.45, 7) is 0. The van der Waals surface area contributed by atoms with Gasteiger partial charge in [-0.3, -0.25) is 9.97 Å². The summed E-state index contributed by atoms with van der Waals surface area (Å²) in [6, 6.07) is 0. The van der Waals surface area contributed by atoms with Crippen molar-refractivity contribution in [1.82, 2.24) is 24.9 Å². The van der Waals surface area contributed by atoms with E-state index in [1.54, 1.807) is 24.8 Å². The van der Waals surface area contributed by atoms with E-state index in [0.29, 0.717) is 22.0 Å². The predicted octanol–water partition coefficient (Wildman–Crippen LogP) is 1.22. The number of rotatable bonds is 2. The molecule has 0 spiro atoms. The molecular formula is C11H9N7S. The summed E-state index contributed by atoms with van der Waals surface area (Å²) in [5.41, 5.74) is 13.3. The summed E-state index contributed by atoms with van der Waals surface area (Å²) >= 11 is 1.44. The van der Waals surface area contributed by atoms with Crippen molar-refractivity contribution >= 4 is 23.1 Å². The molecular weight excluding hydrogens is 262 g/mol. The highest BCUT2D eigenvalue weighted by Crippen LogP contribution is 2.34. The molecule has 0 radical (unpaired) electrons. The van der Waals surface area contributed by atoms with Crippen LogP contribution in [0.1, 0.15) is 0 Å². The molecule has 3 aromatic rings. The van der Waals surface area contributed by atoms with E-state index in [9.17, 15) is 0 Å². The van der Waals surface area contributed by atoms with E-state index in [-0.39, 0.29) is 11.8 Å². The summed E-state index contributed by atoms with van der Waals surface area (Å²) in [4.78, 5) is 20.7. The molecule has 0 unspecified atom stereocenters. The molecule has 0 aliphatic carbocycles. The Bertz CT molecular complexity index is 697. The molecule has 0 amide bonds. The van der Waals surface area contributed by atoms with Crippen molar-refractivity contribution in [1.29, 1.82) is 0 Å². The Labute approximate surface area is 112 Å². The van der Waals surface area contributed by atoms with E-state index >= 15 is 0 Å². The Balaban J connectivity index is 2.29. The van der Waals surface area contributed by atoms with Gasteiger partial charge in [0.15, 0.2) is 0 Å². The Morgan fingerprint density at radius 3 is 2.58 bits per heavy atom. The zero-order valence-corrected chi connectivity index (χ0v) is 10.5. The first-order chi connectivity index (χ1) is 9.25. The fourth-order valence-electron chi connectivity index (χ4n) is 1.67. The maximum atomic E-state index is 5.94. The molecule has 0 saturated carbocycles. The summed E-state index contributed by atoms with van der Waals surface area (Å²) in [5, 5.41) is 2.56. The first-order valence-electron chi connectivity index (χ1n) is 5.35. The molecule has 0 atom stereocenters. The van der Waals surface area contributed by atoms with Crippen LogP contribution >= 0.6 is 11.3 Å². The summed E-state index contributed by atoms with van der Waals surface area (Å²) in [7, 11) is 0. The summed E-state index contributed by atoms with van der Waals surface area (Å²) < 4.78 is 0. The average Bonchev–Trinajstić information content (AvgIpc) is 2.92. The third-order valence-electron chi connectivity index (χ3n) is 2.41. The third kappa shape index (κ3) is 2.08. The van der Waals surface area contributed by atoms with Crippen molar-refractivity contribution in [3.63, 3.8) is 0 Å². The maximum Gasteiger partial charge on any atom is 0.222 e. The molecule has 94 valence electrons. The fraction of sp³-hybridized carbons (Fsp3) is 0. The van der Waals surface area contributed by atoms with E-state index < -0.39 is 0 Å². The van der Waals surface area contributed by atoms with E-state index in [2.05, 4.69) is 24.9 Å². The van der Waals surface area contributed by atoms with Gasteiger partial charge in [-0.1, -0.05) is 0 Å². The highest BCUT2D eigenvalue weighted by Gasteiger charge is 2.18. The lowest BCUT2D eigenvalue weighted by Gasteiger charge is -2.08. The van der Waals surface area contributed by atoms with Crippen molar-refractivity contribution in [2.24, 2.45) is 0 Å². The predicted molar refractivity (Wildman–Crippen MR) is 73.0 cm³/mol. The van der Waals surface area contributed by atoms with Gasteiger partial charge in [-0.15, -0.1) is 11.3 Å². The van der Waals surface area contributed by atoms with Gasteiger partial charge in [-0.2, -0.15) is 4.98 Å². The SMILES string of the molecule is Nc1nc(N)c(-c2cnccn2)c(-c2nccs2)n1. The van der Waals surface area contributed by atoms with Crippen LogP contribution in [0.3, 0.4) is 0 Å². The first kappa shape index (κ1) is 11.5. The highest BCUT2D eigenvalue weighted by atomic mass is 32.1. The topological polar surface area (TPSA) is 116 Å². The van der Waals surface area contributed by atoms with E-state index in [1.165, 1.54) is 11.3 Å². The zero-order valence-electron chi connectivity index (χ0n) is 9.69. The van der Waals surface area contributed by atoms with Crippen molar-refractivity contribution in [2.75, 3.05) is 11.5 Å². The van der Waals surface area contributed by atoms with Crippen molar-refractivity contribution in [2.45, 2.75) is 0 Å². The van der Waals surface area contributed by atoms with Crippen molar-refractivity contribution in [3.8, 4) is 22.0 Å². The van der Waals surface area contributed by atoms with Crippen LogP contribution in [-0.4, -0.2) is 24.9 Å². The van der Waals surface area contributed by atoms with Gasteiger partial charge in [-0.05, 0) is 0 Å². The summed E-state index contributed by atoms with van der Waals surface area (Å²) in [5.74, 6) is 0.369. The maximum absolute atomic E-state index is 5.94. The van der Waals surface area contributed by atoms with Gasteiger partial charge in [-0.25, -0.2) is 9.97 Å². The second kappa shape index (κ2) is 4.58. The number of hydrogen-bond acceptors (Lipinski definition) is 8. The number of aromatic nitrogens is 5. The van der Waals surface area contributed by atoms with Crippen LogP contribution < -0.4 is 11.5 Å². The normalized spacial score (nSPS) is 10.5. The molecule has 0 aromatic carbocycles. The van der Waals surface area contributed by atoms with Crippen LogP contribution in [0.15, 0.2) is 30.2 Å². The lowest BCUT2D eigenvalue weighted by molar-refractivity contribution is 1.16. The van der Waals surface area contributed by atoms with Crippen LogP contribution in [0.25, 0.3) is 22.0 Å². The third-order valence-corrected chi connectivity index (χ3v) is 3.19. The van der Waals surface area contributed by atoms with E-state index in [1.807, 2.05) is 5.38 Å². The molecule has 4 N–H and O–H groups in total. The molecule has 3 heterocycles. The Hall–Kier alpha value is -2.61. The molecule has 0 saturated heterocycles. The van der Waals surface area contributed by atoms with Gasteiger partial charge in [0.2, 0.25) is 5.95 Å².